The van der Waals surface area contributed by atoms with Gasteiger partial charge in [0.1, 0.15) is 5.92 Å². The number of hydrogen-bond donors (Lipinski definition) is 4. The molecule has 17 heavy (non-hydrogen) atoms. The van der Waals surface area contributed by atoms with Crippen molar-refractivity contribution in [2.45, 2.75) is 18.1 Å². The quantitative estimate of drug-likeness (QED) is 0.432. The normalized spacial score (nSPS) is 26.4. The predicted octanol–water partition coefficient (Wildman–Crippen LogP) is -1.53. The van der Waals surface area contributed by atoms with Gasteiger partial charge in [0.25, 0.3) is 5.60 Å². The van der Waals surface area contributed by atoms with Crippen molar-refractivity contribution in [2.75, 3.05) is 0 Å². The molecule has 94 valence electrons. The van der Waals surface area contributed by atoms with Crippen LogP contribution in [0.3, 0.4) is 0 Å². The molecule has 0 aromatic carbocycles. The predicted molar refractivity (Wildman–Crippen MR) is 46.3 cm³/mol. The number of carboxylic acids is 4. The van der Waals surface area contributed by atoms with Crippen molar-refractivity contribution in [2.24, 2.45) is 5.92 Å². The van der Waals surface area contributed by atoms with Gasteiger partial charge in [-0.1, -0.05) is 0 Å². The lowest BCUT2D eigenvalue weighted by Gasteiger charge is -2.22. The van der Waals surface area contributed by atoms with E-state index in [2.05, 4.69) is 4.74 Å². The van der Waals surface area contributed by atoms with Crippen molar-refractivity contribution < 1.29 is 44.3 Å². The molecule has 1 aliphatic heterocycles. The zero-order valence-electron chi connectivity index (χ0n) is 8.19. The van der Waals surface area contributed by atoms with Crippen LogP contribution in [0.2, 0.25) is 0 Å². The lowest BCUT2D eigenvalue weighted by molar-refractivity contribution is -0.191. The summed E-state index contributed by atoms with van der Waals surface area (Å²) < 4.78 is 4.43. The smallest absolute Gasteiger partial charge is 0.348 e. The van der Waals surface area contributed by atoms with Gasteiger partial charge < -0.3 is 25.2 Å². The second-order valence-corrected chi connectivity index (χ2v) is 3.42. The highest BCUT2D eigenvalue weighted by molar-refractivity contribution is 6.07. The Hall–Kier alpha value is -2.16. The number of carbonyl (C=O) groups is 4. The highest BCUT2D eigenvalue weighted by atomic mass is 16.6. The molecule has 0 bridgehead atoms. The van der Waals surface area contributed by atoms with Crippen LogP contribution < -0.4 is 0 Å². The minimum absolute atomic E-state index is 0.719. The van der Waals surface area contributed by atoms with Crippen LogP contribution in [-0.2, 0) is 23.9 Å². The van der Waals surface area contributed by atoms with Crippen LogP contribution in [0.5, 0.6) is 0 Å². The number of aliphatic carboxylic acids is 4. The van der Waals surface area contributed by atoms with Gasteiger partial charge in [0.15, 0.2) is 6.10 Å². The molecule has 0 amide bonds. The van der Waals surface area contributed by atoms with Gasteiger partial charge in [-0.05, 0) is 0 Å². The Balaban J connectivity index is 3.26. The summed E-state index contributed by atoms with van der Waals surface area (Å²) in [5, 5.41) is 34.9. The van der Waals surface area contributed by atoms with E-state index < -0.39 is 47.9 Å². The van der Waals surface area contributed by atoms with Gasteiger partial charge in [-0.2, -0.15) is 0 Å². The molecule has 1 aliphatic rings. The lowest BCUT2D eigenvalue weighted by atomic mass is 9.86. The Kier molecular flexibility index (Phi) is 3.05. The van der Waals surface area contributed by atoms with Crippen LogP contribution >= 0.6 is 0 Å². The van der Waals surface area contributed by atoms with Crippen LogP contribution in [-0.4, -0.2) is 56.0 Å². The van der Waals surface area contributed by atoms with Gasteiger partial charge in [0.2, 0.25) is 0 Å². The third kappa shape index (κ3) is 1.80. The van der Waals surface area contributed by atoms with Crippen molar-refractivity contribution in [1.82, 2.24) is 0 Å². The van der Waals surface area contributed by atoms with Crippen molar-refractivity contribution >= 4 is 23.9 Å². The molecule has 9 nitrogen and oxygen atoms in total. The van der Waals surface area contributed by atoms with Crippen LogP contribution in [0.15, 0.2) is 0 Å². The molecule has 0 aromatic heterocycles. The summed E-state index contributed by atoms with van der Waals surface area (Å²) in [4.78, 5) is 43.2. The molecular formula is C8H8O9. The van der Waals surface area contributed by atoms with Crippen molar-refractivity contribution in [3.8, 4) is 0 Å². The third-order valence-corrected chi connectivity index (χ3v) is 2.48. The standard InChI is InChI=1S/C8H8O9/c9-4(10)2-1-3(5(11)12)17-8(2,6(13)14)7(15)16/h2-3H,1H2,(H,9,10)(H,11,12)(H,13,14)(H,15,16). The molecule has 0 aliphatic carbocycles. The van der Waals surface area contributed by atoms with E-state index in [4.69, 9.17) is 20.4 Å². The number of carboxylic acid groups (broad SMARTS) is 4. The number of rotatable bonds is 4. The van der Waals surface area contributed by atoms with Gasteiger partial charge >= 0.3 is 23.9 Å². The zero-order valence-corrected chi connectivity index (χ0v) is 8.19. The van der Waals surface area contributed by atoms with E-state index in [1.165, 1.54) is 0 Å². The first-order valence-corrected chi connectivity index (χ1v) is 4.33. The van der Waals surface area contributed by atoms with Crippen LogP contribution in [0.25, 0.3) is 0 Å². The SMILES string of the molecule is O=C(O)C1CC(C(=O)O)C(C(=O)O)(C(=O)O)O1. The highest BCUT2D eigenvalue weighted by Crippen LogP contribution is 2.37. The van der Waals surface area contributed by atoms with E-state index in [0.29, 0.717) is 0 Å². The zero-order chi connectivity index (χ0) is 13.4. The van der Waals surface area contributed by atoms with Crippen molar-refractivity contribution in [3.05, 3.63) is 0 Å². The molecule has 9 heteroatoms. The minimum Gasteiger partial charge on any atom is -0.481 e. The summed E-state index contributed by atoms with van der Waals surface area (Å²) in [6.07, 6.45) is -2.49. The van der Waals surface area contributed by atoms with E-state index >= 15 is 0 Å². The van der Waals surface area contributed by atoms with E-state index in [9.17, 15) is 19.2 Å². The second kappa shape index (κ2) is 4.01. The monoisotopic (exact) mass is 248 g/mol. The maximum atomic E-state index is 10.9. The first-order valence-electron chi connectivity index (χ1n) is 4.33. The Morgan fingerprint density at radius 1 is 0.941 bits per heavy atom. The summed E-state index contributed by atoms with van der Waals surface area (Å²) in [5.74, 6) is -9.39. The Bertz CT molecular complexity index is 384. The van der Waals surface area contributed by atoms with Crippen LogP contribution in [0.1, 0.15) is 6.42 Å². The van der Waals surface area contributed by atoms with Crippen molar-refractivity contribution in [1.29, 1.82) is 0 Å². The fraction of sp³-hybridized carbons (Fsp3) is 0.500. The minimum atomic E-state index is -3.06. The molecular weight excluding hydrogens is 240 g/mol. The maximum Gasteiger partial charge on any atom is 0.348 e. The molecule has 4 N–H and O–H groups in total. The lowest BCUT2D eigenvalue weighted by Crippen LogP contribution is -2.54. The molecule has 1 saturated heterocycles. The first kappa shape index (κ1) is 12.9. The highest BCUT2D eigenvalue weighted by Gasteiger charge is 2.65. The summed E-state index contributed by atoms with van der Waals surface area (Å²) in [5.41, 5.74) is -3.06. The number of ether oxygens (including phenoxy) is 1. The van der Waals surface area contributed by atoms with Gasteiger partial charge in [0.05, 0.1) is 0 Å². The van der Waals surface area contributed by atoms with E-state index in [0.717, 1.165) is 0 Å². The molecule has 0 radical (unpaired) electrons. The summed E-state index contributed by atoms with van der Waals surface area (Å²) in [7, 11) is 0. The average molecular weight is 248 g/mol. The fourth-order valence-corrected chi connectivity index (χ4v) is 1.65. The van der Waals surface area contributed by atoms with E-state index in [-0.39, 0.29) is 0 Å². The Morgan fingerprint density at radius 2 is 1.41 bits per heavy atom. The Morgan fingerprint density at radius 3 is 1.65 bits per heavy atom. The molecule has 1 fully saturated rings. The van der Waals surface area contributed by atoms with Crippen LogP contribution in [0, 0.1) is 5.92 Å². The fourth-order valence-electron chi connectivity index (χ4n) is 1.65. The maximum absolute atomic E-state index is 10.9. The van der Waals surface area contributed by atoms with E-state index in [1.807, 2.05) is 0 Å². The molecule has 0 saturated carbocycles. The largest absolute Gasteiger partial charge is 0.481 e. The summed E-state index contributed by atoms with van der Waals surface area (Å²) in [6, 6.07) is 0. The van der Waals surface area contributed by atoms with Gasteiger partial charge in [-0.15, -0.1) is 0 Å². The molecule has 0 aromatic rings. The van der Waals surface area contributed by atoms with Gasteiger partial charge in [-0.25, -0.2) is 14.4 Å². The average Bonchev–Trinajstić information content (AvgIpc) is 2.58. The molecule has 2 atom stereocenters. The summed E-state index contributed by atoms with van der Waals surface area (Å²) >= 11 is 0. The molecule has 0 spiro atoms. The summed E-state index contributed by atoms with van der Waals surface area (Å²) in [6.45, 7) is 0. The van der Waals surface area contributed by atoms with E-state index in [1.54, 1.807) is 0 Å². The molecule has 2 unspecified atom stereocenters. The third-order valence-electron chi connectivity index (χ3n) is 2.48. The first-order chi connectivity index (χ1) is 7.73. The van der Waals surface area contributed by atoms with Gasteiger partial charge in [0, 0.05) is 6.42 Å². The topological polar surface area (TPSA) is 158 Å². The van der Waals surface area contributed by atoms with Gasteiger partial charge in [-0.3, -0.25) is 4.79 Å². The molecule has 1 heterocycles. The van der Waals surface area contributed by atoms with Crippen molar-refractivity contribution in [3.63, 3.8) is 0 Å². The Labute approximate surface area is 93.2 Å². The van der Waals surface area contributed by atoms with Crippen LogP contribution in [0.4, 0.5) is 0 Å². The molecule has 1 rings (SSSR count). The second-order valence-electron chi connectivity index (χ2n) is 3.42. The number of hydrogen-bond acceptors (Lipinski definition) is 5.